The molecule has 2 unspecified atom stereocenters. The SMILES string of the molecule is O=C(CC1CC2CCC(C1)N2)NCCCN1CCc2ccccc21. The normalized spacial score (nSPS) is 28.0. The number of amides is 1. The van der Waals surface area contributed by atoms with Crippen molar-refractivity contribution < 1.29 is 4.79 Å². The molecule has 0 radical (unpaired) electrons. The Balaban J connectivity index is 1.15. The molecule has 0 saturated carbocycles. The zero-order valence-electron chi connectivity index (χ0n) is 14.5. The molecule has 0 aliphatic carbocycles. The highest BCUT2D eigenvalue weighted by Gasteiger charge is 2.34. The fraction of sp³-hybridized carbons (Fsp3) is 0.650. The van der Waals surface area contributed by atoms with Gasteiger partial charge in [-0.25, -0.2) is 0 Å². The van der Waals surface area contributed by atoms with Crippen molar-refractivity contribution in [1.29, 1.82) is 0 Å². The summed E-state index contributed by atoms with van der Waals surface area (Å²) in [6.07, 6.45) is 7.89. The third kappa shape index (κ3) is 3.59. The van der Waals surface area contributed by atoms with Gasteiger partial charge < -0.3 is 15.5 Å². The maximum Gasteiger partial charge on any atom is 0.220 e. The number of piperidine rings is 1. The van der Waals surface area contributed by atoms with E-state index < -0.39 is 0 Å². The molecule has 2 fully saturated rings. The largest absolute Gasteiger partial charge is 0.371 e. The molecule has 24 heavy (non-hydrogen) atoms. The van der Waals surface area contributed by atoms with E-state index in [0.29, 0.717) is 18.0 Å². The van der Waals surface area contributed by atoms with Crippen LogP contribution >= 0.6 is 0 Å². The molecule has 4 heteroatoms. The maximum absolute atomic E-state index is 12.2. The van der Waals surface area contributed by atoms with Crippen LogP contribution in [0.15, 0.2) is 24.3 Å². The smallest absolute Gasteiger partial charge is 0.220 e. The average molecular weight is 327 g/mol. The van der Waals surface area contributed by atoms with Gasteiger partial charge >= 0.3 is 0 Å². The van der Waals surface area contributed by atoms with Crippen molar-refractivity contribution in [2.75, 3.05) is 24.5 Å². The van der Waals surface area contributed by atoms with Crippen molar-refractivity contribution in [3.63, 3.8) is 0 Å². The lowest BCUT2D eigenvalue weighted by Gasteiger charge is -2.28. The second-order valence-electron chi connectivity index (χ2n) is 7.75. The van der Waals surface area contributed by atoms with Crippen LogP contribution in [0.5, 0.6) is 0 Å². The van der Waals surface area contributed by atoms with Gasteiger partial charge in [-0.2, -0.15) is 0 Å². The highest BCUT2D eigenvalue weighted by Crippen LogP contribution is 2.32. The molecule has 4 rings (SSSR count). The van der Waals surface area contributed by atoms with Gasteiger partial charge in [0.25, 0.3) is 0 Å². The Hall–Kier alpha value is -1.55. The van der Waals surface area contributed by atoms with Crippen LogP contribution in [0.1, 0.15) is 44.1 Å². The topological polar surface area (TPSA) is 44.4 Å². The number of hydrogen-bond acceptors (Lipinski definition) is 3. The molecular weight excluding hydrogens is 298 g/mol. The predicted molar refractivity (Wildman–Crippen MR) is 97.3 cm³/mol. The highest BCUT2D eigenvalue weighted by atomic mass is 16.1. The van der Waals surface area contributed by atoms with Gasteiger partial charge in [0.1, 0.15) is 0 Å². The summed E-state index contributed by atoms with van der Waals surface area (Å²) in [4.78, 5) is 14.6. The molecule has 2 N–H and O–H groups in total. The second-order valence-corrected chi connectivity index (χ2v) is 7.75. The molecule has 0 aromatic heterocycles. The van der Waals surface area contributed by atoms with Gasteiger partial charge in [-0.1, -0.05) is 18.2 Å². The standard InChI is InChI=1S/C20H29N3O/c24-20(14-15-12-17-6-7-18(13-15)22-17)21-9-3-10-23-11-8-16-4-1-2-5-19(16)23/h1-2,4-5,15,17-18,22H,3,6-14H2,(H,21,24). The summed E-state index contributed by atoms with van der Waals surface area (Å²) < 4.78 is 0. The number of rotatable bonds is 6. The van der Waals surface area contributed by atoms with Gasteiger partial charge in [0, 0.05) is 43.8 Å². The minimum absolute atomic E-state index is 0.253. The first-order valence-corrected chi connectivity index (χ1v) is 9.63. The summed E-state index contributed by atoms with van der Waals surface area (Å²) in [5.74, 6) is 0.845. The number of carbonyl (C=O) groups is 1. The average Bonchev–Trinajstić information content (AvgIpc) is 3.15. The Bertz CT molecular complexity index is 576. The minimum Gasteiger partial charge on any atom is -0.371 e. The lowest BCUT2D eigenvalue weighted by Crippen LogP contribution is -2.40. The molecule has 4 nitrogen and oxygen atoms in total. The van der Waals surface area contributed by atoms with E-state index in [-0.39, 0.29) is 5.91 Å². The summed E-state index contributed by atoms with van der Waals surface area (Å²) in [7, 11) is 0. The summed E-state index contributed by atoms with van der Waals surface area (Å²) >= 11 is 0. The van der Waals surface area contributed by atoms with Gasteiger partial charge in [-0.3, -0.25) is 4.79 Å². The van der Waals surface area contributed by atoms with Gasteiger partial charge in [0.2, 0.25) is 5.91 Å². The predicted octanol–water partition coefficient (Wildman–Crippen LogP) is 2.48. The first-order valence-electron chi connectivity index (χ1n) is 9.63. The molecule has 1 aromatic carbocycles. The fourth-order valence-electron chi connectivity index (χ4n) is 4.81. The van der Waals surface area contributed by atoms with Crippen LogP contribution in [0.3, 0.4) is 0 Å². The molecule has 2 bridgehead atoms. The number of nitrogens with zero attached hydrogens (tertiary/aromatic N) is 1. The second kappa shape index (κ2) is 7.14. The lowest BCUT2D eigenvalue weighted by molar-refractivity contribution is -0.122. The fourth-order valence-corrected chi connectivity index (χ4v) is 4.81. The van der Waals surface area contributed by atoms with Crippen molar-refractivity contribution in [3.8, 4) is 0 Å². The van der Waals surface area contributed by atoms with Crippen molar-refractivity contribution in [2.24, 2.45) is 5.92 Å². The minimum atomic E-state index is 0.253. The van der Waals surface area contributed by atoms with Gasteiger partial charge in [0.15, 0.2) is 0 Å². The highest BCUT2D eigenvalue weighted by molar-refractivity contribution is 5.76. The van der Waals surface area contributed by atoms with Gasteiger partial charge in [-0.15, -0.1) is 0 Å². The van der Waals surface area contributed by atoms with E-state index in [9.17, 15) is 4.79 Å². The lowest BCUT2D eigenvalue weighted by atomic mass is 9.89. The van der Waals surface area contributed by atoms with Crippen molar-refractivity contribution in [3.05, 3.63) is 29.8 Å². The number of fused-ring (bicyclic) bond motifs is 3. The summed E-state index contributed by atoms with van der Waals surface area (Å²) in [6, 6.07) is 10.0. The molecular formula is C20H29N3O. The monoisotopic (exact) mass is 327 g/mol. The Labute approximate surface area is 145 Å². The van der Waals surface area contributed by atoms with E-state index in [2.05, 4.69) is 39.8 Å². The van der Waals surface area contributed by atoms with Gasteiger partial charge in [0.05, 0.1) is 0 Å². The molecule has 130 valence electrons. The number of anilines is 1. The maximum atomic E-state index is 12.2. The first kappa shape index (κ1) is 15.9. The van der Waals surface area contributed by atoms with Crippen LogP contribution in [0.2, 0.25) is 0 Å². The summed E-state index contributed by atoms with van der Waals surface area (Å²) in [6.45, 7) is 2.95. The van der Waals surface area contributed by atoms with E-state index in [1.54, 1.807) is 0 Å². The first-order chi connectivity index (χ1) is 11.8. The van der Waals surface area contributed by atoms with Crippen LogP contribution in [0, 0.1) is 5.92 Å². The van der Waals surface area contributed by atoms with E-state index in [1.807, 2.05) is 0 Å². The van der Waals surface area contributed by atoms with Crippen LogP contribution in [0.25, 0.3) is 0 Å². The van der Waals surface area contributed by atoms with Crippen molar-refractivity contribution in [1.82, 2.24) is 10.6 Å². The molecule has 1 aromatic rings. The van der Waals surface area contributed by atoms with E-state index in [1.165, 1.54) is 36.9 Å². The Morgan fingerprint density at radius 1 is 1.21 bits per heavy atom. The molecule has 0 spiro atoms. The third-order valence-corrected chi connectivity index (χ3v) is 5.96. The molecule has 3 aliphatic rings. The zero-order valence-corrected chi connectivity index (χ0v) is 14.5. The van der Waals surface area contributed by atoms with Crippen LogP contribution in [0.4, 0.5) is 5.69 Å². The molecule has 3 aliphatic heterocycles. The zero-order chi connectivity index (χ0) is 16.4. The quantitative estimate of drug-likeness (QED) is 0.789. The third-order valence-electron chi connectivity index (χ3n) is 5.96. The van der Waals surface area contributed by atoms with Crippen molar-refractivity contribution in [2.45, 2.75) is 57.0 Å². The van der Waals surface area contributed by atoms with Crippen LogP contribution in [-0.4, -0.2) is 37.6 Å². The number of carbonyl (C=O) groups excluding carboxylic acids is 1. The number of benzene rings is 1. The van der Waals surface area contributed by atoms with E-state index >= 15 is 0 Å². The Morgan fingerprint density at radius 3 is 2.83 bits per heavy atom. The molecule has 2 saturated heterocycles. The molecule has 3 heterocycles. The van der Waals surface area contributed by atoms with Crippen LogP contribution < -0.4 is 15.5 Å². The van der Waals surface area contributed by atoms with E-state index in [4.69, 9.17) is 0 Å². The summed E-state index contributed by atoms with van der Waals surface area (Å²) in [5.41, 5.74) is 2.84. The Morgan fingerprint density at radius 2 is 2.00 bits per heavy atom. The number of nitrogens with one attached hydrogen (secondary N) is 2. The Kier molecular flexibility index (Phi) is 4.74. The molecule has 1 amide bonds. The molecule has 2 atom stereocenters. The van der Waals surface area contributed by atoms with Gasteiger partial charge in [-0.05, 0) is 56.1 Å². The van der Waals surface area contributed by atoms with Crippen LogP contribution in [-0.2, 0) is 11.2 Å². The summed E-state index contributed by atoms with van der Waals surface area (Å²) in [5, 5.41) is 6.79. The van der Waals surface area contributed by atoms with E-state index in [0.717, 1.165) is 38.9 Å². The van der Waals surface area contributed by atoms with Crippen molar-refractivity contribution >= 4 is 11.6 Å². The number of hydrogen-bond donors (Lipinski definition) is 2. The number of para-hydroxylation sites is 1.